The van der Waals surface area contributed by atoms with Gasteiger partial charge in [-0.15, -0.1) is 0 Å². The van der Waals surface area contributed by atoms with Crippen LogP contribution in [0.5, 0.6) is 0 Å². The molecule has 3 aliphatic rings. The van der Waals surface area contributed by atoms with E-state index in [2.05, 4.69) is 5.32 Å². The zero-order valence-corrected chi connectivity index (χ0v) is 18.2. The quantitative estimate of drug-likeness (QED) is 0.590. The molecule has 0 spiro atoms. The number of piperazine rings is 1. The Morgan fingerprint density at radius 1 is 1.19 bits per heavy atom. The summed E-state index contributed by atoms with van der Waals surface area (Å²) in [5, 5.41) is 8.18. The first-order valence-corrected chi connectivity index (χ1v) is 11.8. The Morgan fingerprint density at radius 3 is 2.35 bits per heavy atom. The average Bonchev–Trinajstić information content (AvgIpc) is 3.48. The van der Waals surface area contributed by atoms with Crippen LogP contribution in [0.4, 0.5) is 25.0 Å². The van der Waals surface area contributed by atoms with E-state index in [1.54, 1.807) is 0 Å². The lowest BCUT2D eigenvalue weighted by atomic mass is 10.2. The van der Waals surface area contributed by atoms with E-state index in [-0.39, 0.29) is 44.1 Å². The second kappa shape index (κ2) is 8.45. The van der Waals surface area contributed by atoms with Crippen molar-refractivity contribution >= 4 is 44.9 Å². The van der Waals surface area contributed by atoms with Gasteiger partial charge in [-0.3, -0.25) is 4.90 Å². The van der Waals surface area contributed by atoms with Gasteiger partial charge in [0, 0.05) is 44.2 Å². The van der Waals surface area contributed by atoms with Gasteiger partial charge in [-0.1, -0.05) is 12.2 Å². The number of carbonyl (C=O) groups is 1. The highest BCUT2D eigenvalue weighted by Gasteiger charge is 2.35. The van der Waals surface area contributed by atoms with Gasteiger partial charge in [-0.2, -0.15) is 12.7 Å². The lowest BCUT2D eigenvalue weighted by Gasteiger charge is -2.34. The molecule has 31 heavy (non-hydrogen) atoms. The third kappa shape index (κ3) is 4.89. The molecule has 4 rings (SSSR count). The number of cyclic esters (lactones) is 1. The fraction of sp³-hybridized carbons (Fsp3) is 0.556. The topological polar surface area (TPSA) is 108 Å². The van der Waals surface area contributed by atoms with Crippen LogP contribution < -0.4 is 20.3 Å². The van der Waals surface area contributed by atoms with E-state index in [1.807, 2.05) is 0 Å². The molecule has 9 nitrogen and oxygen atoms in total. The van der Waals surface area contributed by atoms with Gasteiger partial charge in [0.15, 0.2) is 11.6 Å². The van der Waals surface area contributed by atoms with Gasteiger partial charge >= 0.3 is 6.09 Å². The summed E-state index contributed by atoms with van der Waals surface area (Å²) in [5.74, 6) is -1.29. The highest BCUT2D eigenvalue weighted by atomic mass is 32.2. The van der Waals surface area contributed by atoms with E-state index < -0.39 is 34.0 Å². The fourth-order valence-electron chi connectivity index (χ4n) is 3.72. The number of nitrogens with two attached hydrogens (primary N) is 1. The van der Waals surface area contributed by atoms with Crippen LogP contribution in [-0.4, -0.2) is 69.2 Å². The van der Waals surface area contributed by atoms with E-state index in [0.717, 1.165) is 34.3 Å². The lowest BCUT2D eigenvalue weighted by molar-refractivity contribution is 0.143. The molecule has 0 radical (unpaired) electrons. The number of anilines is 2. The molecule has 1 aliphatic carbocycles. The van der Waals surface area contributed by atoms with Crippen molar-refractivity contribution in [1.29, 1.82) is 0 Å². The first kappa shape index (κ1) is 22.1. The molecule has 170 valence electrons. The zero-order chi connectivity index (χ0) is 22.3. The summed E-state index contributed by atoms with van der Waals surface area (Å²) in [6.45, 7) is 0.706. The summed E-state index contributed by atoms with van der Waals surface area (Å²) >= 11 is 5.25. The molecule has 1 aromatic rings. The molecule has 2 aliphatic heterocycles. The Hall–Kier alpha value is -2.09. The van der Waals surface area contributed by atoms with Crippen molar-refractivity contribution in [3.05, 3.63) is 23.8 Å². The summed E-state index contributed by atoms with van der Waals surface area (Å²) < 4.78 is 58.8. The standard InChI is InChI=1S/C18H23F2N5O4S2/c19-14-7-12(25-10-13(29-18(25)26)9-22-17(30)11-1-2-11)8-15(20)16(14)23-3-5-24(6-4-23)31(21,27)28/h7-8,11,13H,1-6,9-10H2,(H,22,30)(H2,21,27,28). The molecule has 1 atom stereocenters. The maximum atomic E-state index is 14.8. The van der Waals surface area contributed by atoms with Crippen molar-refractivity contribution < 1.29 is 26.7 Å². The minimum absolute atomic E-state index is 0.0231. The number of hydrogen-bond donors (Lipinski definition) is 2. The zero-order valence-electron chi connectivity index (χ0n) is 16.6. The molecule has 1 aromatic carbocycles. The molecular formula is C18H23F2N5O4S2. The van der Waals surface area contributed by atoms with Crippen molar-refractivity contribution in [2.45, 2.75) is 18.9 Å². The van der Waals surface area contributed by atoms with Crippen LogP contribution in [0.3, 0.4) is 0 Å². The third-order valence-corrected chi connectivity index (χ3v) is 7.12. The average molecular weight is 476 g/mol. The monoisotopic (exact) mass is 475 g/mol. The molecule has 3 N–H and O–H groups in total. The summed E-state index contributed by atoms with van der Waals surface area (Å²) in [4.78, 5) is 15.6. The Labute approximate surface area is 184 Å². The van der Waals surface area contributed by atoms with Gasteiger partial charge in [-0.25, -0.2) is 18.7 Å². The number of ether oxygens (including phenoxy) is 1. The Bertz CT molecular complexity index is 974. The molecule has 0 aromatic heterocycles. The van der Waals surface area contributed by atoms with Crippen LogP contribution in [0.25, 0.3) is 0 Å². The summed E-state index contributed by atoms with van der Waals surface area (Å²) in [7, 11) is -3.84. The highest BCUT2D eigenvalue weighted by molar-refractivity contribution is 7.86. The van der Waals surface area contributed by atoms with Gasteiger partial charge in [0.1, 0.15) is 11.8 Å². The van der Waals surface area contributed by atoms with Gasteiger partial charge in [0.25, 0.3) is 10.2 Å². The van der Waals surface area contributed by atoms with Gasteiger partial charge in [0.05, 0.1) is 23.8 Å². The van der Waals surface area contributed by atoms with Crippen LogP contribution >= 0.6 is 12.2 Å². The SMILES string of the molecule is NS(=O)(=O)N1CCN(c2c(F)cc(N3CC(CNC(=S)C4CC4)OC3=O)cc2F)CC1. The van der Waals surface area contributed by atoms with Crippen LogP contribution in [0, 0.1) is 17.6 Å². The summed E-state index contributed by atoms with van der Waals surface area (Å²) in [6.07, 6.45) is 0.952. The van der Waals surface area contributed by atoms with Crippen molar-refractivity contribution in [3.63, 3.8) is 0 Å². The predicted molar refractivity (Wildman–Crippen MR) is 114 cm³/mol. The second-order valence-electron chi connectivity index (χ2n) is 7.82. The smallest absolute Gasteiger partial charge is 0.414 e. The van der Waals surface area contributed by atoms with Crippen molar-refractivity contribution in [3.8, 4) is 0 Å². The maximum Gasteiger partial charge on any atom is 0.414 e. The molecule has 13 heteroatoms. The largest absolute Gasteiger partial charge is 0.442 e. The number of carbonyl (C=O) groups excluding carboxylic acids is 1. The number of nitrogens with zero attached hydrogens (tertiary/aromatic N) is 3. The number of rotatable bonds is 6. The molecule has 1 saturated carbocycles. The molecule has 2 saturated heterocycles. The summed E-state index contributed by atoms with van der Waals surface area (Å²) in [6, 6.07) is 2.16. The van der Waals surface area contributed by atoms with Gasteiger partial charge < -0.3 is 15.0 Å². The van der Waals surface area contributed by atoms with Crippen molar-refractivity contribution in [1.82, 2.24) is 9.62 Å². The Kier molecular flexibility index (Phi) is 6.03. The van der Waals surface area contributed by atoms with Gasteiger partial charge in [0.2, 0.25) is 0 Å². The van der Waals surface area contributed by atoms with Crippen LogP contribution in [0.2, 0.25) is 0 Å². The van der Waals surface area contributed by atoms with Crippen LogP contribution in [0.1, 0.15) is 12.8 Å². The molecule has 1 unspecified atom stereocenters. The third-order valence-electron chi connectivity index (χ3n) is 5.55. The first-order valence-electron chi connectivity index (χ1n) is 9.91. The number of amides is 1. The Balaban J connectivity index is 1.42. The number of hydrogen-bond acceptors (Lipinski definition) is 6. The fourth-order valence-corrected chi connectivity index (χ4v) is 4.71. The minimum atomic E-state index is -3.84. The number of benzene rings is 1. The van der Waals surface area contributed by atoms with E-state index in [4.69, 9.17) is 22.1 Å². The normalized spacial score (nSPS) is 22.5. The van der Waals surface area contributed by atoms with E-state index >= 15 is 0 Å². The van der Waals surface area contributed by atoms with E-state index in [9.17, 15) is 22.0 Å². The number of thiocarbonyl (C=S) groups is 1. The molecule has 0 bridgehead atoms. The molecule has 1 amide bonds. The number of nitrogens with one attached hydrogen (secondary N) is 1. The van der Waals surface area contributed by atoms with Crippen molar-refractivity contribution in [2.75, 3.05) is 49.1 Å². The molecule has 2 heterocycles. The van der Waals surface area contributed by atoms with Crippen LogP contribution in [-0.2, 0) is 14.9 Å². The maximum absolute atomic E-state index is 14.8. The highest BCUT2D eigenvalue weighted by Crippen LogP contribution is 2.32. The number of halogens is 2. The second-order valence-corrected chi connectivity index (χ2v) is 9.81. The van der Waals surface area contributed by atoms with Crippen LogP contribution in [0.15, 0.2) is 12.1 Å². The van der Waals surface area contributed by atoms with Gasteiger partial charge in [-0.05, 0) is 12.8 Å². The predicted octanol–water partition coefficient (Wildman–Crippen LogP) is 0.942. The lowest BCUT2D eigenvalue weighted by Crippen LogP contribution is -2.51. The Morgan fingerprint density at radius 2 is 1.81 bits per heavy atom. The molecular weight excluding hydrogens is 452 g/mol. The first-order chi connectivity index (χ1) is 14.6. The van der Waals surface area contributed by atoms with E-state index in [1.165, 1.54) is 9.80 Å². The van der Waals surface area contributed by atoms with Crippen molar-refractivity contribution in [2.24, 2.45) is 11.1 Å². The summed E-state index contributed by atoms with van der Waals surface area (Å²) in [5.41, 5.74) is -0.211. The minimum Gasteiger partial charge on any atom is -0.442 e. The van der Waals surface area contributed by atoms with E-state index in [0.29, 0.717) is 12.5 Å². The molecule has 3 fully saturated rings.